The van der Waals surface area contributed by atoms with Crippen molar-refractivity contribution >= 4 is 55.3 Å². The van der Waals surface area contributed by atoms with Crippen LogP contribution in [0.2, 0.25) is 0 Å². The summed E-state index contributed by atoms with van der Waals surface area (Å²) in [5.74, 6) is 0.448. The number of halogens is 1. The predicted molar refractivity (Wildman–Crippen MR) is 125 cm³/mol. The molecule has 0 unspecified atom stereocenters. The maximum Gasteiger partial charge on any atom is 0.157 e. The standard InChI is InChI=1S/C24H16BrN3S/c25-17-12-10-15(11-13-17)21-19-9-5-4-6-16(19)14-20-22(21)28-24(23(26)27-20)29-18-7-2-1-3-8-18/h1-14H,(H2,26,27). The maximum atomic E-state index is 6.29. The molecule has 0 atom stereocenters. The second-order valence-corrected chi connectivity index (χ2v) is 8.65. The zero-order valence-corrected chi connectivity index (χ0v) is 17.7. The van der Waals surface area contributed by atoms with Gasteiger partial charge in [-0.15, -0.1) is 0 Å². The van der Waals surface area contributed by atoms with Gasteiger partial charge in [0.15, 0.2) is 5.82 Å². The smallest absolute Gasteiger partial charge is 0.157 e. The van der Waals surface area contributed by atoms with Gasteiger partial charge in [0.05, 0.1) is 11.0 Å². The van der Waals surface area contributed by atoms with Crippen LogP contribution in [0.25, 0.3) is 32.9 Å². The highest BCUT2D eigenvalue weighted by Crippen LogP contribution is 2.38. The van der Waals surface area contributed by atoms with E-state index in [0.717, 1.165) is 47.3 Å². The van der Waals surface area contributed by atoms with Crippen LogP contribution < -0.4 is 5.73 Å². The molecule has 1 aromatic heterocycles. The van der Waals surface area contributed by atoms with Gasteiger partial charge in [-0.25, -0.2) is 9.97 Å². The molecule has 2 N–H and O–H groups in total. The van der Waals surface area contributed by atoms with Crippen LogP contribution >= 0.6 is 27.7 Å². The Kier molecular flexibility index (Phi) is 4.70. The number of rotatable bonds is 3. The molecule has 0 amide bonds. The lowest BCUT2D eigenvalue weighted by molar-refractivity contribution is 1.14. The van der Waals surface area contributed by atoms with Crippen LogP contribution in [0.1, 0.15) is 0 Å². The summed E-state index contributed by atoms with van der Waals surface area (Å²) < 4.78 is 1.04. The Bertz CT molecular complexity index is 1340. The lowest BCUT2D eigenvalue weighted by Gasteiger charge is -2.13. The van der Waals surface area contributed by atoms with Crippen LogP contribution in [-0.2, 0) is 0 Å². The average Bonchev–Trinajstić information content (AvgIpc) is 2.74. The summed E-state index contributed by atoms with van der Waals surface area (Å²) in [6, 6.07) is 28.8. The first kappa shape index (κ1) is 18.2. The van der Waals surface area contributed by atoms with E-state index in [1.54, 1.807) is 0 Å². The van der Waals surface area contributed by atoms with Crippen molar-refractivity contribution in [3.8, 4) is 11.1 Å². The number of nitrogens with zero attached hydrogens (tertiary/aromatic N) is 2. The third kappa shape index (κ3) is 3.48. The predicted octanol–water partition coefficient (Wildman–Crippen LogP) is 6.95. The summed E-state index contributed by atoms with van der Waals surface area (Å²) >= 11 is 5.06. The molecule has 4 aromatic carbocycles. The molecule has 3 nitrogen and oxygen atoms in total. The second kappa shape index (κ2) is 7.50. The minimum Gasteiger partial charge on any atom is -0.381 e. The Morgan fingerprint density at radius 3 is 2.31 bits per heavy atom. The number of benzene rings is 4. The van der Waals surface area contributed by atoms with Gasteiger partial charge < -0.3 is 5.73 Å². The molecule has 1 heterocycles. The van der Waals surface area contributed by atoms with Gasteiger partial charge in [-0.2, -0.15) is 0 Å². The number of hydrogen-bond donors (Lipinski definition) is 1. The SMILES string of the molecule is Nc1nc2cc3ccccc3c(-c3ccc(Br)cc3)c2nc1Sc1ccccc1. The summed E-state index contributed by atoms with van der Waals surface area (Å²) in [7, 11) is 0. The zero-order chi connectivity index (χ0) is 19.8. The van der Waals surface area contributed by atoms with Crippen LogP contribution in [0.5, 0.6) is 0 Å². The minimum atomic E-state index is 0.448. The number of hydrogen-bond acceptors (Lipinski definition) is 4. The molecule has 0 bridgehead atoms. The Morgan fingerprint density at radius 2 is 1.52 bits per heavy atom. The summed E-state index contributed by atoms with van der Waals surface area (Å²) in [6.07, 6.45) is 0. The third-order valence-electron chi connectivity index (χ3n) is 4.77. The molecule has 0 saturated heterocycles. The molecular weight excluding hydrogens is 442 g/mol. The number of aromatic nitrogens is 2. The molecular formula is C24H16BrN3S. The van der Waals surface area contributed by atoms with E-state index < -0.39 is 0 Å². The van der Waals surface area contributed by atoms with Gasteiger partial charge in [0.25, 0.3) is 0 Å². The first-order valence-electron chi connectivity index (χ1n) is 9.17. The van der Waals surface area contributed by atoms with Crippen LogP contribution in [0.15, 0.2) is 99.3 Å². The van der Waals surface area contributed by atoms with E-state index in [1.165, 1.54) is 11.8 Å². The lowest BCUT2D eigenvalue weighted by Crippen LogP contribution is -1.99. The van der Waals surface area contributed by atoms with E-state index in [9.17, 15) is 0 Å². The van der Waals surface area contributed by atoms with Crippen molar-refractivity contribution < 1.29 is 0 Å². The minimum absolute atomic E-state index is 0.448. The van der Waals surface area contributed by atoms with Crippen LogP contribution in [0, 0.1) is 0 Å². The summed E-state index contributed by atoms with van der Waals surface area (Å²) in [6.45, 7) is 0. The highest BCUT2D eigenvalue weighted by molar-refractivity contribution is 9.10. The van der Waals surface area contributed by atoms with Crippen molar-refractivity contribution in [2.75, 3.05) is 5.73 Å². The molecule has 5 heteroatoms. The maximum absolute atomic E-state index is 6.29. The molecule has 140 valence electrons. The first-order valence-corrected chi connectivity index (χ1v) is 10.8. The van der Waals surface area contributed by atoms with Crippen molar-refractivity contribution in [1.29, 1.82) is 0 Å². The van der Waals surface area contributed by atoms with E-state index in [1.807, 2.05) is 48.5 Å². The molecule has 0 fully saturated rings. The van der Waals surface area contributed by atoms with Crippen molar-refractivity contribution in [1.82, 2.24) is 9.97 Å². The molecule has 0 spiro atoms. The molecule has 0 radical (unpaired) electrons. The van der Waals surface area contributed by atoms with Crippen LogP contribution in [0.4, 0.5) is 5.82 Å². The molecule has 0 aliphatic carbocycles. The number of fused-ring (bicyclic) bond motifs is 2. The fourth-order valence-corrected chi connectivity index (χ4v) is 4.51. The fourth-order valence-electron chi connectivity index (χ4n) is 3.44. The Hall–Kier alpha value is -2.89. The summed E-state index contributed by atoms with van der Waals surface area (Å²) in [4.78, 5) is 10.8. The lowest BCUT2D eigenvalue weighted by atomic mass is 9.96. The van der Waals surface area contributed by atoms with Gasteiger partial charge in [-0.3, -0.25) is 0 Å². The van der Waals surface area contributed by atoms with Crippen LogP contribution in [0.3, 0.4) is 0 Å². The highest BCUT2D eigenvalue weighted by Gasteiger charge is 2.15. The fraction of sp³-hybridized carbons (Fsp3) is 0. The van der Waals surface area contributed by atoms with E-state index in [-0.39, 0.29) is 0 Å². The second-order valence-electron chi connectivity index (χ2n) is 6.68. The Labute approximate surface area is 181 Å². The molecule has 5 aromatic rings. The normalized spacial score (nSPS) is 11.2. The van der Waals surface area contributed by atoms with Gasteiger partial charge in [0.2, 0.25) is 0 Å². The quantitative estimate of drug-likeness (QED) is 0.298. The number of anilines is 1. The zero-order valence-electron chi connectivity index (χ0n) is 15.3. The largest absolute Gasteiger partial charge is 0.381 e. The molecule has 5 rings (SSSR count). The number of nitrogens with two attached hydrogens (primary N) is 1. The van der Waals surface area contributed by atoms with E-state index in [4.69, 9.17) is 15.7 Å². The van der Waals surface area contributed by atoms with Crippen molar-refractivity contribution in [3.63, 3.8) is 0 Å². The number of nitrogen functional groups attached to an aromatic ring is 1. The third-order valence-corrected chi connectivity index (χ3v) is 6.30. The van der Waals surface area contributed by atoms with Crippen LogP contribution in [-0.4, -0.2) is 9.97 Å². The topological polar surface area (TPSA) is 51.8 Å². The van der Waals surface area contributed by atoms with E-state index >= 15 is 0 Å². The molecule has 0 aliphatic heterocycles. The van der Waals surface area contributed by atoms with Crippen molar-refractivity contribution in [3.05, 3.63) is 89.4 Å². The first-order chi connectivity index (χ1) is 14.2. The Balaban J connectivity index is 1.80. The summed E-state index contributed by atoms with van der Waals surface area (Å²) in [5, 5.41) is 2.99. The Morgan fingerprint density at radius 1 is 0.793 bits per heavy atom. The van der Waals surface area contributed by atoms with E-state index in [2.05, 4.69) is 52.3 Å². The summed E-state index contributed by atoms with van der Waals surface area (Å²) in [5.41, 5.74) is 10.1. The average molecular weight is 458 g/mol. The highest BCUT2D eigenvalue weighted by atomic mass is 79.9. The van der Waals surface area contributed by atoms with Gasteiger partial charge in [-0.1, -0.05) is 82.3 Å². The monoisotopic (exact) mass is 457 g/mol. The van der Waals surface area contributed by atoms with Gasteiger partial charge >= 0.3 is 0 Å². The van der Waals surface area contributed by atoms with Gasteiger partial charge in [-0.05, 0) is 46.7 Å². The molecule has 0 saturated carbocycles. The molecule has 0 aliphatic rings. The molecule has 29 heavy (non-hydrogen) atoms. The van der Waals surface area contributed by atoms with Crippen molar-refractivity contribution in [2.24, 2.45) is 0 Å². The van der Waals surface area contributed by atoms with Gasteiger partial charge in [0.1, 0.15) is 5.03 Å². The van der Waals surface area contributed by atoms with E-state index in [0.29, 0.717) is 5.82 Å². The van der Waals surface area contributed by atoms with Gasteiger partial charge in [0, 0.05) is 14.9 Å². The van der Waals surface area contributed by atoms with Crippen molar-refractivity contribution in [2.45, 2.75) is 9.92 Å².